The van der Waals surface area contributed by atoms with E-state index in [-0.39, 0.29) is 30.5 Å². The van der Waals surface area contributed by atoms with Crippen LogP contribution in [-0.4, -0.2) is 33.7 Å². The minimum absolute atomic E-state index is 0.161. The highest BCUT2D eigenvalue weighted by Crippen LogP contribution is 2.40. The summed E-state index contributed by atoms with van der Waals surface area (Å²) in [7, 11) is -2.01. The summed E-state index contributed by atoms with van der Waals surface area (Å²) in [6.07, 6.45) is 9.36. The van der Waals surface area contributed by atoms with Crippen molar-refractivity contribution in [1.29, 1.82) is 0 Å². The lowest BCUT2D eigenvalue weighted by molar-refractivity contribution is 0.132. The van der Waals surface area contributed by atoms with Gasteiger partial charge in [0.05, 0.1) is 18.3 Å². The van der Waals surface area contributed by atoms with E-state index in [1.165, 1.54) is 32.1 Å². The summed E-state index contributed by atoms with van der Waals surface area (Å²) < 4.78 is 18.5. The molecule has 0 bridgehead atoms. The van der Waals surface area contributed by atoms with E-state index in [0.717, 1.165) is 0 Å². The highest BCUT2D eigenvalue weighted by atomic mass is 28.4. The van der Waals surface area contributed by atoms with Gasteiger partial charge in [-0.1, -0.05) is 52.1 Å². The van der Waals surface area contributed by atoms with Crippen LogP contribution in [0.2, 0.25) is 18.1 Å². The van der Waals surface area contributed by atoms with Crippen molar-refractivity contribution in [3.05, 3.63) is 12.1 Å². The molecule has 3 atom stereocenters. The highest BCUT2D eigenvalue weighted by Gasteiger charge is 2.40. The van der Waals surface area contributed by atoms with Gasteiger partial charge >= 0.3 is 7.12 Å². The average molecular weight is 352 g/mol. The quantitative estimate of drug-likeness (QED) is 0.623. The molecule has 0 spiro atoms. The van der Waals surface area contributed by atoms with Gasteiger partial charge in [0, 0.05) is 0 Å². The van der Waals surface area contributed by atoms with Crippen LogP contribution in [0.3, 0.4) is 0 Å². The molecular formula is C19H37BO3Si. The van der Waals surface area contributed by atoms with Gasteiger partial charge in [-0.2, -0.15) is 0 Å². The molecule has 2 rings (SSSR count). The Labute approximate surface area is 150 Å². The van der Waals surface area contributed by atoms with E-state index in [1.807, 2.05) is 0 Å². The molecule has 1 aliphatic heterocycles. The van der Waals surface area contributed by atoms with E-state index in [9.17, 15) is 0 Å². The summed E-state index contributed by atoms with van der Waals surface area (Å²) in [5.41, 5.74) is 0. The van der Waals surface area contributed by atoms with Gasteiger partial charge in [-0.05, 0) is 50.7 Å². The van der Waals surface area contributed by atoms with E-state index in [0.29, 0.717) is 5.92 Å². The molecule has 0 aromatic rings. The van der Waals surface area contributed by atoms with Crippen LogP contribution in [0.15, 0.2) is 12.1 Å². The predicted molar refractivity (Wildman–Crippen MR) is 105 cm³/mol. The van der Waals surface area contributed by atoms with Gasteiger partial charge in [0.25, 0.3) is 0 Å². The zero-order chi connectivity index (χ0) is 18.0. The molecule has 24 heavy (non-hydrogen) atoms. The standard InChI is InChI=1S/C19H37BO3Si/c1-15-16(2)22-20(21-15)14-13-18(17-11-9-8-10-12-17)23-24(6,7)19(3,4)5/h13-18H,8-12H2,1-7H3/b14-13+. The van der Waals surface area contributed by atoms with Crippen molar-refractivity contribution in [3.63, 3.8) is 0 Å². The SMILES string of the molecule is CC1OB(/C=C/C(O[Si](C)(C)C(C)(C)C)C2CCCCC2)OC1C. The minimum atomic E-state index is -1.79. The Morgan fingerprint density at radius 3 is 2.08 bits per heavy atom. The molecule has 1 aliphatic carbocycles. The fraction of sp³-hybridized carbons (Fsp3) is 0.895. The van der Waals surface area contributed by atoms with Crippen LogP contribution in [0.4, 0.5) is 0 Å². The lowest BCUT2D eigenvalue weighted by atomic mass is 9.82. The third kappa shape index (κ3) is 5.20. The molecule has 0 aromatic carbocycles. The van der Waals surface area contributed by atoms with Crippen molar-refractivity contribution < 1.29 is 13.7 Å². The highest BCUT2D eigenvalue weighted by molar-refractivity contribution is 6.74. The van der Waals surface area contributed by atoms with E-state index < -0.39 is 8.32 Å². The van der Waals surface area contributed by atoms with Crippen molar-refractivity contribution in [3.8, 4) is 0 Å². The van der Waals surface area contributed by atoms with Crippen molar-refractivity contribution in [2.75, 3.05) is 0 Å². The van der Waals surface area contributed by atoms with Gasteiger partial charge in [0.2, 0.25) is 0 Å². The minimum Gasteiger partial charge on any atom is -0.410 e. The molecule has 1 saturated carbocycles. The van der Waals surface area contributed by atoms with Gasteiger partial charge < -0.3 is 13.7 Å². The molecule has 2 aliphatic rings. The Hall–Kier alpha value is -0.0982. The summed E-state index contributed by atoms with van der Waals surface area (Å²) in [5, 5.41) is 0.233. The van der Waals surface area contributed by atoms with E-state index in [4.69, 9.17) is 13.7 Å². The van der Waals surface area contributed by atoms with E-state index in [2.05, 4.69) is 59.8 Å². The lowest BCUT2D eigenvalue weighted by Crippen LogP contribution is -2.45. The first kappa shape index (κ1) is 20.2. The van der Waals surface area contributed by atoms with Crippen LogP contribution < -0.4 is 0 Å². The Kier molecular flexibility index (Phi) is 6.80. The van der Waals surface area contributed by atoms with E-state index >= 15 is 0 Å². The zero-order valence-electron chi connectivity index (χ0n) is 16.8. The van der Waals surface area contributed by atoms with Crippen LogP contribution in [0.1, 0.15) is 66.7 Å². The predicted octanol–water partition coefficient (Wildman–Crippen LogP) is 5.36. The van der Waals surface area contributed by atoms with Crippen molar-refractivity contribution in [1.82, 2.24) is 0 Å². The van der Waals surface area contributed by atoms with Gasteiger partial charge in [0.15, 0.2) is 8.32 Å². The fourth-order valence-electron chi connectivity index (χ4n) is 3.24. The summed E-state index contributed by atoms with van der Waals surface area (Å²) >= 11 is 0. The number of hydrogen-bond donors (Lipinski definition) is 0. The molecule has 0 N–H and O–H groups in total. The van der Waals surface area contributed by atoms with Gasteiger partial charge in [-0.25, -0.2) is 0 Å². The molecule has 3 unspecified atom stereocenters. The maximum Gasteiger partial charge on any atom is 0.486 e. The lowest BCUT2D eigenvalue weighted by Gasteiger charge is -2.41. The normalized spacial score (nSPS) is 28.7. The first-order valence-corrected chi connectivity index (χ1v) is 12.7. The summed E-state index contributed by atoms with van der Waals surface area (Å²) in [6.45, 7) is 15.8. The molecule has 1 saturated heterocycles. The van der Waals surface area contributed by atoms with Crippen LogP contribution in [0, 0.1) is 5.92 Å². The summed E-state index contributed by atoms with van der Waals surface area (Å²) in [6, 6.07) is 0. The molecule has 3 nitrogen and oxygen atoms in total. The molecule has 0 radical (unpaired) electrons. The van der Waals surface area contributed by atoms with Crippen molar-refractivity contribution in [2.45, 2.75) is 103 Å². The third-order valence-electron chi connectivity index (χ3n) is 6.17. The molecule has 138 valence electrons. The van der Waals surface area contributed by atoms with Gasteiger partial charge in [-0.3, -0.25) is 0 Å². The Bertz CT molecular complexity index is 417. The second-order valence-corrected chi connectivity index (χ2v) is 13.9. The molecule has 1 heterocycles. The van der Waals surface area contributed by atoms with Crippen molar-refractivity contribution in [2.24, 2.45) is 5.92 Å². The Morgan fingerprint density at radius 1 is 1.04 bits per heavy atom. The molecular weight excluding hydrogens is 315 g/mol. The maximum atomic E-state index is 6.80. The maximum absolute atomic E-state index is 6.80. The summed E-state index contributed by atoms with van der Waals surface area (Å²) in [4.78, 5) is 0. The van der Waals surface area contributed by atoms with E-state index in [1.54, 1.807) is 0 Å². The van der Waals surface area contributed by atoms with Crippen LogP contribution in [-0.2, 0) is 13.7 Å². The second-order valence-electron chi connectivity index (χ2n) is 9.18. The van der Waals surface area contributed by atoms with Crippen LogP contribution in [0.5, 0.6) is 0 Å². The second kappa shape index (κ2) is 8.07. The zero-order valence-corrected chi connectivity index (χ0v) is 17.8. The van der Waals surface area contributed by atoms with Crippen LogP contribution >= 0.6 is 0 Å². The fourth-order valence-corrected chi connectivity index (χ4v) is 4.54. The molecule has 2 fully saturated rings. The van der Waals surface area contributed by atoms with Crippen molar-refractivity contribution >= 4 is 15.4 Å². The summed E-state index contributed by atoms with van der Waals surface area (Å²) in [5.74, 6) is 2.73. The third-order valence-corrected chi connectivity index (χ3v) is 10.6. The first-order chi connectivity index (χ1) is 11.1. The molecule has 0 aromatic heterocycles. The first-order valence-electron chi connectivity index (χ1n) is 9.77. The largest absolute Gasteiger partial charge is 0.486 e. The Balaban J connectivity index is 2.08. The van der Waals surface area contributed by atoms with Gasteiger partial charge in [0.1, 0.15) is 0 Å². The smallest absolute Gasteiger partial charge is 0.410 e. The Morgan fingerprint density at radius 2 is 1.58 bits per heavy atom. The topological polar surface area (TPSA) is 27.7 Å². The molecule has 0 amide bonds. The van der Waals surface area contributed by atoms with Crippen LogP contribution in [0.25, 0.3) is 0 Å². The van der Waals surface area contributed by atoms with Gasteiger partial charge in [-0.15, -0.1) is 0 Å². The number of rotatable bonds is 5. The monoisotopic (exact) mass is 352 g/mol. The average Bonchev–Trinajstić information content (AvgIpc) is 2.82. The number of hydrogen-bond acceptors (Lipinski definition) is 3. The molecule has 5 heteroatoms.